The summed E-state index contributed by atoms with van der Waals surface area (Å²) >= 11 is 0. The number of halogens is 3. The van der Waals surface area contributed by atoms with Crippen molar-refractivity contribution >= 4 is 6.29 Å². The number of carbonyl (C=O) groups is 1. The molecule has 0 bridgehead atoms. The number of aromatic nitrogens is 2. The number of alkyl halides is 3. The molecule has 0 spiro atoms. The first-order valence-corrected chi connectivity index (χ1v) is 5.27. The monoisotopic (exact) mass is 270 g/mol. The van der Waals surface area contributed by atoms with E-state index < -0.39 is 12.1 Å². The molecular weight excluding hydrogens is 261 g/mol. The van der Waals surface area contributed by atoms with Crippen LogP contribution in [0.3, 0.4) is 0 Å². The van der Waals surface area contributed by atoms with Crippen molar-refractivity contribution < 1.29 is 22.7 Å². The molecule has 1 aromatic heterocycles. The van der Waals surface area contributed by atoms with Gasteiger partial charge in [-0.1, -0.05) is 0 Å². The van der Waals surface area contributed by atoms with Gasteiger partial charge < -0.3 is 9.30 Å². The molecule has 4 nitrogen and oxygen atoms in total. The summed E-state index contributed by atoms with van der Waals surface area (Å²) in [4.78, 5) is 14.5. The Kier molecular flexibility index (Phi) is 3.55. The third-order valence-corrected chi connectivity index (χ3v) is 2.28. The zero-order valence-electron chi connectivity index (χ0n) is 9.59. The third-order valence-electron chi connectivity index (χ3n) is 2.28. The van der Waals surface area contributed by atoms with Gasteiger partial charge in [-0.2, -0.15) is 0 Å². The molecule has 0 saturated heterocycles. The first kappa shape index (κ1) is 13.1. The van der Waals surface area contributed by atoms with E-state index >= 15 is 0 Å². The van der Waals surface area contributed by atoms with E-state index in [2.05, 4.69) is 9.72 Å². The van der Waals surface area contributed by atoms with Gasteiger partial charge in [0.1, 0.15) is 12.0 Å². The highest BCUT2D eigenvalue weighted by Gasteiger charge is 2.31. The smallest absolute Gasteiger partial charge is 0.406 e. The van der Waals surface area contributed by atoms with E-state index in [1.165, 1.54) is 18.5 Å². The van der Waals surface area contributed by atoms with Gasteiger partial charge in [0.15, 0.2) is 0 Å². The normalized spacial score (nSPS) is 11.3. The third kappa shape index (κ3) is 3.84. The van der Waals surface area contributed by atoms with Crippen LogP contribution in [-0.2, 0) is 6.54 Å². The lowest BCUT2D eigenvalue weighted by Crippen LogP contribution is -2.17. The lowest BCUT2D eigenvalue weighted by atomic mass is 10.1. The van der Waals surface area contributed by atoms with Crippen LogP contribution in [0, 0.1) is 0 Å². The van der Waals surface area contributed by atoms with Crippen molar-refractivity contribution in [1.29, 1.82) is 0 Å². The second-order valence-electron chi connectivity index (χ2n) is 3.81. The number of nitrogens with zero attached hydrogens (tertiary/aromatic N) is 2. The number of rotatable bonds is 4. The van der Waals surface area contributed by atoms with Gasteiger partial charge in [0, 0.05) is 24.5 Å². The van der Waals surface area contributed by atoms with Crippen LogP contribution >= 0.6 is 0 Å². The molecule has 0 radical (unpaired) electrons. The maximum absolute atomic E-state index is 12.2. The summed E-state index contributed by atoms with van der Waals surface area (Å²) in [6, 6.07) is 3.77. The van der Waals surface area contributed by atoms with E-state index in [4.69, 9.17) is 0 Å². The summed E-state index contributed by atoms with van der Waals surface area (Å²) in [5.74, 6) is -0.410. The molecule has 0 unspecified atom stereocenters. The molecule has 0 aliphatic carbocycles. The zero-order chi connectivity index (χ0) is 13.9. The van der Waals surface area contributed by atoms with Crippen LogP contribution in [-0.4, -0.2) is 22.2 Å². The highest BCUT2D eigenvalue weighted by molar-refractivity contribution is 5.76. The number of aldehydes is 1. The van der Waals surface area contributed by atoms with Crippen molar-refractivity contribution in [1.82, 2.24) is 9.55 Å². The molecule has 1 heterocycles. The molecule has 0 N–H and O–H groups in total. The van der Waals surface area contributed by atoms with Crippen LogP contribution in [0.25, 0.3) is 0 Å². The molecule has 0 saturated carbocycles. The Hall–Kier alpha value is -2.31. The van der Waals surface area contributed by atoms with Gasteiger partial charge in [-0.15, -0.1) is 13.2 Å². The van der Waals surface area contributed by atoms with Gasteiger partial charge >= 0.3 is 6.36 Å². The van der Waals surface area contributed by atoms with Crippen LogP contribution in [0.1, 0.15) is 15.9 Å². The lowest BCUT2D eigenvalue weighted by molar-refractivity contribution is -0.274. The Labute approximate surface area is 106 Å². The molecule has 2 rings (SSSR count). The Bertz CT molecular complexity index is 565. The van der Waals surface area contributed by atoms with Crippen molar-refractivity contribution in [2.75, 3.05) is 0 Å². The van der Waals surface area contributed by atoms with E-state index in [0.29, 0.717) is 18.4 Å². The molecule has 0 amide bonds. The van der Waals surface area contributed by atoms with E-state index in [0.717, 1.165) is 6.07 Å². The standard InChI is InChI=1S/C12H9F3N2O2/c13-12(14,15)19-11-4-9(3-10(5-11)7-18)6-17-2-1-16-8-17/h1-5,7-8H,6H2. The van der Waals surface area contributed by atoms with Crippen LogP contribution in [0.4, 0.5) is 13.2 Å². The summed E-state index contributed by atoms with van der Waals surface area (Å²) in [5, 5.41) is 0. The number of carbonyl (C=O) groups excluding carboxylic acids is 1. The maximum Gasteiger partial charge on any atom is 0.573 e. The molecular formula is C12H9F3N2O2. The van der Waals surface area contributed by atoms with E-state index in [9.17, 15) is 18.0 Å². The van der Waals surface area contributed by atoms with Crippen molar-refractivity contribution in [3.8, 4) is 5.75 Å². The van der Waals surface area contributed by atoms with E-state index in [1.807, 2.05) is 0 Å². The summed E-state index contributed by atoms with van der Waals surface area (Å²) in [6.07, 6.45) is 0.431. The molecule has 19 heavy (non-hydrogen) atoms. The van der Waals surface area contributed by atoms with Crippen LogP contribution in [0.5, 0.6) is 5.75 Å². The fraction of sp³-hybridized carbons (Fsp3) is 0.167. The number of hydrogen-bond acceptors (Lipinski definition) is 3. The molecule has 7 heteroatoms. The van der Waals surface area contributed by atoms with Gasteiger partial charge in [0.05, 0.1) is 6.33 Å². The van der Waals surface area contributed by atoms with Crippen LogP contribution in [0.15, 0.2) is 36.9 Å². The second-order valence-corrected chi connectivity index (χ2v) is 3.81. The van der Waals surface area contributed by atoms with Crippen molar-refractivity contribution in [2.45, 2.75) is 12.9 Å². The highest BCUT2D eigenvalue weighted by Crippen LogP contribution is 2.25. The fourth-order valence-electron chi connectivity index (χ4n) is 1.63. The zero-order valence-corrected chi connectivity index (χ0v) is 9.59. The molecule has 0 atom stereocenters. The quantitative estimate of drug-likeness (QED) is 0.802. The highest BCUT2D eigenvalue weighted by atomic mass is 19.4. The van der Waals surface area contributed by atoms with Crippen molar-refractivity contribution in [3.05, 3.63) is 48.0 Å². The van der Waals surface area contributed by atoms with Crippen LogP contribution in [0.2, 0.25) is 0 Å². The predicted molar refractivity (Wildman–Crippen MR) is 59.8 cm³/mol. The predicted octanol–water partition coefficient (Wildman–Crippen LogP) is 2.64. The molecule has 1 aromatic carbocycles. The van der Waals surface area contributed by atoms with Gasteiger partial charge in [-0.3, -0.25) is 4.79 Å². The maximum atomic E-state index is 12.2. The number of imidazole rings is 1. The lowest BCUT2D eigenvalue weighted by Gasteiger charge is -2.11. The number of hydrogen-bond donors (Lipinski definition) is 0. The minimum absolute atomic E-state index is 0.122. The minimum Gasteiger partial charge on any atom is -0.406 e. The first-order chi connectivity index (χ1) is 8.96. The largest absolute Gasteiger partial charge is 0.573 e. The average Bonchev–Trinajstić information content (AvgIpc) is 2.79. The molecule has 100 valence electrons. The Morgan fingerprint density at radius 3 is 2.68 bits per heavy atom. The molecule has 0 aliphatic heterocycles. The topological polar surface area (TPSA) is 44.1 Å². The van der Waals surface area contributed by atoms with Crippen molar-refractivity contribution in [3.63, 3.8) is 0 Å². The van der Waals surface area contributed by atoms with Crippen molar-refractivity contribution in [2.24, 2.45) is 0 Å². The molecule has 0 aliphatic rings. The van der Waals surface area contributed by atoms with E-state index in [1.54, 1.807) is 17.0 Å². The molecule has 2 aromatic rings. The Morgan fingerprint density at radius 1 is 1.32 bits per heavy atom. The SMILES string of the molecule is O=Cc1cc(Cn2ccnc2)cc(OC(F)(F)F)c1. The van der Waals surface area contributed by atoms with Gasteiger partial charge in [-0.05, 0) is 23.8 Å². The average molecular weight is 270 g/mol. The molecule has 0 fully saturated rings. The van der Waals surface area contributed by atoms with Gasteiger partial charge in [-0.25, -0.2) is 4.98 Å². The Balaban J connectivity index is 2.28. The minimum atomic E-state index is -4.78. The second kappa shape index (κ2) is 5.13. The summed E-state index contributed by atoms with van der Waals surface area (Å²) in [7, 11) is 0. The van der Waals surface area contributed by atoms with E-state index in [-0.39, 0.29) is 5.56 Å². The Morgan fingerprint density at radius 2 is 2.11 bits per heavy atom. The fourth-order valence-corrected chi connectivity index (χ4v) is 1.63. The number of ether oxygens (including phenoxy) is 1. The first-order valence-electron chi connectivity index (χ1n) is 5.27. The number of benzene rings is 1. The van der Waals surface area contributed by atoms with Gasteiger partial charge in [0.2, 0.25) is 0 Å². The summed E-state index contributed by atoms with van der Waals surface area (Å²) < 4.78 is 42.0. The summed E-state index contributed by atoms with van der Waals surface area (Å²) in [5.41, 5.74) is 0.638. The summed E-state index contributed by atoms with van der Waals surface area (Å²) in [6.45, 7) is 0.301. The van der Waals surface area contributed by atoms with Crippen LogP contribution < -0.4 is 4.74 Å². The van der Waals surface area contributed by atoms with Gasteiger partial charge in [0.25, 0.3) is 0 Å².